The normalized spacial score (nSPS) is 19.5. The number of hydrogen-bond acceptors (Lipinski definition) is 1. The van der Waals surface area contributed by atoms with E-state index in [2.05, 4.69) is 15.9 Å². The van der Waals surface area contributed by atoms with E-state index >= 15 is 0 Å². The van der Waals surface area contributed by atoms with Crippen LogP contribution in [0.3, 0.4) is 0 Å². The van der Waals surface area contributed by atoms with Gasteiger partial charge < -0.3 is 0 Å². The van der Waals surface area contributed by atoms with Gasteiger partial charge in [0.05, 0.1) is 0 Å². The van der Waals surface area contributed by atoms with Gasteiger partial charge in [0.2, 0.25) is 0 Å². The van der Waals surface area contributed by atoms with Crippen LogP contribution in [0.4, 0.5) is 0 Å². The highest BCUT2D eigenvalue weighted by Gasteiger charge is 2.14. The minimum atomic E-state index is 0.321. The summed E-state index contributed by atoms with van der Waals surface area (Å²) in [6.45, 7) is 0. The Morgan fingerprint density at radius 2 is 2.00 bits per heavy atom. The number of halogens is 1. The van der Waals surface area contributed by atoms with Crippen LogP contribution < -0.4 is 0 Å². The number of allylic oxidation sites excluding steroid dienone is 1. The quantitative estimate of drug-likeness (QED) is 0.702. The first-order valence-electron chi connectivity index (χ1n) is 5.25. The van der Waals surface area contributed by atoms with Crippen molar-refractivity contribution >= 4 is 27.8 Å². The first-order chi connectivity index (χ1) is 7.25. The van der Waals surface area contributed by atoms with Crippen molar-refractivity contribution in [3.63, 3.8) is 0 Å². The molecule has 0 saturated heterocycles. The third-order valence-electron chi connectivity index (χ3n) is 2.65. The molecule has 1 nitrogen and oxygen atoms in total. The third kappa shape index (κ3) is 2.78. The largest absolute Gasteiger partial charge is 0.295 e. The lowest BCUT2D eigenvalue weighted by atomic mass is 9.92. The first-order valence-corrected chi connectivity index (χ1v) is 6.04. The molecule has 0 unspecified atom stereocenters. The summed E-state index contributed by atoms with van der Waals surface area (Å²) >= 11 is 3.43. The van der Waals surface area contributed by atoms with Crippen LogP contribution in [0.25, 0.3) is 6.08 Å². The van der Waals surface area contributed by atoms with Gasteiger partial charge in [-0.1, -0.05) is 28.1 Å². The van der Waals surface area contributed by atoms with Crippen LogP contribution in [-0.4, -0.2) is 5.78 Å². The Bertz CT molecular complexity index is 407. The summed E-state index contributed by atoms with van der Waals surface area (Å²) in [5.74, 6) is 0.321. The van der Waals surface area contributed by atoms with Gasteiger partial charge in [0.25, 0.3) is 0 Å². The number of carbonyl (C=O) groups is 1. The molecule has 1 aromatic rings. The molecule has 1 aliphatic rings. The van der Waals surface area contributed by atoms with Crippen molar-refractivity contribution in [3.8, 4) is 0 Å². The SMILES string of the molecule is O=C1CCCC/C1=C/c1cccc(Br)c1. The van der Waals surface area contributed by atoms with E-state index in [0.717, 1.165) is 41.3 Å². The van der Waals surface area contributed by atoms with E-state index in [1.165, 1.54) is 0 Å². The summed E-state index contributed by atoms with van der Waals surface area (Å²) in [6.07, 6.45) is 5.87. The lowest BCUT2D eigenvalue weighted by Gasteiger charge is -2.12. The maximum absolute atomic E-state index is 11.6. The van der Waals surface area contributed by atoms with E-state index in [1.807, 2.05) is 30.3 Å². The zero-order valence-electron chi connectivity index (χ0n) is 8.50. The standard InChI is InChI=1S/C13H13BrO/c14-12-6-3-4-10(9-12)8-11-5-1-2-7-13(11)15/h3-4,6,8-9H,1-2,5,7H2/b11-8-. The van der Waals surface area contributed by atoms with Crippen molar-refractivity contribution in [2.45, 2.75) is 25.7 Å². The third-order valence-corrected chi connectivity index (χ3v) is 3.14. The monoisotopic (exact) mass is 264 g/mol. The Morgan fingerprint density at radius 1 is 1.20 bits per heavy atom. The number of ketones is 1. The average molecular weight is 265 g/mol. The molecule has 1 aromatic carbocycles. The predicted molar refractivity (Wildman–Crippen MR) is 65.6 cm³/mol. The molecule has 0 bridgehead atoms. The molecule has 0 aliphatic heterocycles. The molecule has 0 amide bonds. The fraction of sp³-hybridized carbons (Fsp3) is 0.308. The maximum Gasteiger partial charge on any atom is 0.158 e. The minimum absolute atomic E-state index is 0.321. The van der Waals surface area contributed by atoms with Gasteiger partial charge in [-0.25, -0.2) is 0 Å². The summed E-state index contributed by atoms with van der Waals surface area (Å²) in [5.41, 5.74) is 2.09. The van der Waals surface area contributed by atoms with Gasteiger partial charge in [-0.15, -0.1) is 0 Å². The van der Waals surface area contributed by atoms with Gasteiger partial charge >= 0.3 is 0 Å². The molecule has 0 atom stereocenters. The Hall–Kier alpha value is -0.890. The van der Waals surface area contributed by atoms with Gasteiger partial charge in [0, 0.05) is 10.9 Å². The topological polar surface area (TPSA) is 17.1 Å². The number of carbonyl (C=O) groups excluding carboxylic acids is 1. The highest BCUT2D eigenvalue weighted by Crippen LogP contribution is 2.23. The Morgan fingerprint density at radius 3 is 2.73 bits per heavy atom. The number of Topliss-reactive ketones (excluding diaryl/α,β-unsaturated/α-hetero) is 1. The van der Waals surface area contributed by atoms with Crippen molar-refractivity contribution in [1.29, 1.82) is 0 Å². The summed E-state index contributed by atoms with van der Waals surface area (Å²) in [5, 5.41) is 0. The molecule has 2 heteroatoms. The predicted octanol–water partition coefficient (Wildman–Crippen LogP) is 3.98. The minimum Gasteiger partial charge on any atom is -0.295 e. The van der Waals surface area contributed by atoms with Crippen LogP contribution in [0.2, 0.25) is 0 Å². The van der Waals surface area contributed by atoms with Crippen LogP contribution in [0, 0.1) is 0 Å². The molecule has 1 fully saturated rings. The average Bonchev–Trinajstić information content (AvgIpc) is 2.22. The molecule has 0 spiro atoms. The highest BCUT2D eigenvalue weighted by atomic mass is 79.9. The second-order valence-electron chi connectivity index (χ2n) is 3.85. The van der Waals surface area contributed by atoms with Crippen LogP contribution in [-0.2, 0) is 4.79 Å². The van der Waals surface area contributed by atoms with Gasteiger partial charge in [0.15, 0.2) is 5.78 Å². The van der Waals surface area contributed by atoms with E-state index in [9.17, 15) is 4.79 Å². The maximum atomic E-state index is 11.6. The molecular formula is C13H13BrO. The lowest BCUT2D eigenvalue weighted by Crippen LogP contribution is -2.07. The fourth-order valence-corrected chi connectivity index (χ4v) is 2.27. The molecule has 2 rings (SSSR count). The summed E-state index contributed by atoms with van der Waals surface area (Å²) in [6, 6.07) is 8.04. The van der Waals surface area contributed by atoms with Gasteiger partial charge in [-0.05, 0) is 48.6 Å². The van der Waals surface area contributed by atoms with E-state index in [4.69, 9.17) is 0 Å². The molecule has 1 aliphatic carbocycles. The molecular weight excluding hydrogens is 252 g/mol. The second kappa shape index (κ2) is 4.75. The van der Waals surface area contributed by atoms with E-state index in [0.29, 0.717) is 5.78 Å². The van der Waals surface area contributed by atoms with Gasteiger partial charge in [-0.2, -0.15) is 0 Å². The summed E-state index contributed by atoms with van der Waals surface area (Å²) in [7, 11) is 0. The Kier molecular flexibility index (Phi) is 3.37. The molecule has 0 radical (unpaired) electrons. The molecule has 0 heterocycles. The molecule has 0 N–H and O–H groups in total. The van der Waals surface area contributed by atoms with E-state index < -0.39 is 0 Å². The Balaban J connectivity index is 2.25. The number of rotatable bonds is 1. The van der Waals surface area contributed by atoms with Gasteiger partial charge in [0.1, 0.15) is 0 Å². The van der Waals surface area contributed by atoms with Crippen LogP contribution in [0.15, 0.2) is 34.3 Å². The second-order valence-corrected chi connectivity index (χ2v) is 4.77. The number of benzene rings is 1. The molecule has 1 saturated carbocycles. The van der Waals surface area contributed by atoms with Crippen molar-refractivity contribution < 1.29 is 4.79 Å². The van der Waals surface area contributed by atoms with Gasteiger partial charge in [-0.3, -0.25) is 4.79 Å². The zero-order chi connectivity index (χ0) is 10.7. The van der Waals surface area contributed by atoms with Crippen molar-refractivity contribution in [1.82, 2.24) is 0 Å². The molecule has 0 aromatic heterocycles. The molecule has 78 valence electrons. The van der Waals surface area contributed by atoms with Crippen LogP contribution >= 0.6 is 15.9 Å². The van der Waals surface area contributed by atoms with Crippen molar-refractivity contribution in [2.75, 3.05) is 0 Å². The van der Waals surface area contributed by atoms with E-state index in [1.54, 1.807) is 0 Å². The first kappa shape index (κ1) is 10.6. The van der Waals surface area contributed by atoms with Crippen molar-refractivity contribution in [2.24, 2.45) is 0 Å². The summed E-state index contributed by atoms with van der Waals surface area (Å²) < 4.78 is 1.06. The van der Waals surface area contributed by atoms with Crippen molar-refractivity contribution in [3.05, 3.63) is 39.9 Å². The van der Waals surface area contributed by atoms with Crippen LogP contribution in [0.1, 0.15) is 31.2 Å². The zero-order valence-corrected chi connectivity index (χ0v) is 10.1. The highest BCUT2D eigenvalue weighted by molar-refractivity contribution is 9.10. The smallest absolute Gasteiger partial charge is 0.158 e. The number of hydrogen-bond donors (Lipinski definition) is 0. The molecule has 15 heavy (non-hydrogen) atoms. The summed E-state index contributed by atoms with van der Waals surface area (Å²) in [4.78, 5) is 11.6. The Labute approximate surface area is 98.3 Å². The fourth-order valence-electron chi connectivity index (χ4n) is 1.85. The van der Waals surface area contributed by atoms with E-state index in [-0.39, 0.29) is 0 Å². The van der Waals surface area contributed by atoms with Crippen LogP contribution in [0.5, 0.6) is 0 Å². The lowest BCUT2D eigenvalue weighted by molar-refractivity contribution is -0.116.